The summed E-state index contributed by atoms with van der Waals surface area (Å²) in [6.07, 6.45) is 2.84. The van der Waals surface area contributed by atoms with Crippen LogP contribution in [0.2, 0.25) is 0 Å². The summed E-state index contributed by atoms with van der Waals surface area (Å²) in [5.41, 5.74) is 0. The Morgan fingerprint density at radius 2 is 2.26 bits per heavy atom. The first kappa shape index (κ1) is 13.9. The number of nitrogens with zero attached hydrogens (tertiary/aromatic N) is 4. The first-order chi connectivity index (χ1) is 9.16. The first-order valence-corrected chi connectivity index (χ1v) is 6.30. The molecule has 0 saturated carbocycles. The molecule has 2 rings (SSSR count). The molecular formula is C11H18N4O4. The number of hydrogen-bond acceptors (Lipinski definition) is 6. The third-order valence-electron chi connectivity index (χ3n) is 3.15. The molecule has 1 aromatic heterocycles. The Hall–Kier alpha value is -1.51. The van der Waals surface area contributed by atoms with E-state index in [0.717, 1.165) is 32.8 Å². The van der Waals surface area contributed by atoms with Gasteiger partial charge in [-0.15, -0.1) is 0 Å². The largest absolute Gasteiger partial charge is 0.434 e. The molecule has 0 aromatic carbocycles. The van der Waals surface area contributed by atoms with Gasteiger partial charge < -0.3 is 20.0 Å². The van der Waals surface area contributed by atoms with Crippen LogP contribution < -0.4 is 0 Å². The fourth-order valence-corrected chi connectivity index (χ4v) is 2.09. The highest BCUT2D eigenvalue weighted by Crippen LogP contribution is 2.10. The summed E-state index contributed by atoms with van der Waals surface area (Å²) in [4.78, 5) is 16.0. The number of ether oxygens (including phenoxy) is 1. The Bertz CT molecular complexity index is 417. The van der Waals surface area contributed by atoms with Gasteiger partial charge in [-0.05, 0) is 11.3 Å². The maximum absolute atomic E-state index is 10.7. The van der Waals surface area contributed by atoms with Crippen LogP contribution in [-0.4, -0.2) is 63.4 Å². The van der Waals surface area contributed by atoms with Gasteiger partial charge in [0.15, 0.2) is 0 Å². The molecule has 2 heterocycles. The van der Waals surface area contributed by atoms with Crippen molar-refractivity contribution >= 4 is 5.95 Å². The number of aliphatic hydroxyl groups is 1. The molecule has 1 atom stereocenters. The normalized spacial score (nSPS) is 18.4. The molecule has 1 aliphatic rings. The molecule has 1 aromatic rings. The molecule has 0 bridgehead atoms. The smallest absolute Gasteiger partial charge is 0.390 e. The Morgan fingerprint density at radius 1 is 1.53 bits per heavy atom. The molecule has 1 N–H and O–H groups in total. The number of morpholine rings is 1. The van der Waals surface area contributed by atoms with Crippen molar-refractivity contribution in [3.8, 4) is 0 Å². The van der Waals surface area contributed by atoms with Crippen molar-refractivity contribution in [3.05, 3.63) is 22.5 Å². The first-order valence-electron chi connectivity index (χ1n) is 6.30. The maximum atomic E-state index is 10.7. The van der Waals surface area contributed by atoms with E-state index >= 15 is 0 Å². The summed E-state index contributed by atoms with van der Waals surface area (Å²) in [5.74, 6) is -0.231. The summed E-state index contributed by atoms with van der Waals surface area (Å²) in [7, 11) is 0. The van der Waals surface area contributed by atoms with Crippen LogP contribution >= 0.6 is 0 Å². The van der Waals surface area contributed by atoms with E-state index < -0.39 is 11.0 Å². The Balaban J connectivity index is 1.78. The molecule has 8 nitrogen and oxygen atoms in total. The molecule has 0 radical (unpaired) electrons. The molecule has 0 unspecified atom stereocenters. The topological polar surface area (TPSA) is 93.7 Å². The van der Waals surface area contributed by atoms with Crippen molar-refractivity contribution in [2.75, 3.05) is 32.8 Å². The number of aromatic nitrogens is 2. The van der Waals surface area contributed by atoms with Gasteiger partial charge in [0.1, 0.15) is 12.4 Å². The number of nitro groups is 1. The molecule has 0 aliphatic carbocycles. The number of aliphatic hydroxyl groups excluding tert-OH is 1. The standard InChI is InChI=1S/C11H18N4O4/c16-10(1-3-13-5-7-19-8-6-13)9-14-4-2-12-11(14)15(17)18/h2,4,10,16H,1,3,5-9H2/t10-/m1/s1. The van der Waals surface area contributed by atoms with Gasteiger partial charge in [0.25, 0.3) is 0 Å². The molecule has 106 valence electrons. The predicted molar refractivity (Wildman–Crippen MR) is 66.8 cm³/mol. The highest BCUT2D eigenvalue weighted by atomic mass is 16.6. The maximum Gasteiger partial charge on any atom is 0.434 e. The van der Waals surface area contributed by atoms with Crippen LogP contribution in [0.3, 0.4) is 0 Å². The average molecular weight is 270 g/mol. The minimum atomic E-state index is -0.615. The van der Waals surface area contributed by atoms with E-state index in [0.29, 0.717) is 6.42 Å². The molecular weight excluding hydrogens is 252 g/mol. The van der Waals surface area contributed by atoms with Gasteiger partial charge in [-0.2, -0.15) is 0 Å². The van der Waals surface area contributed by atoms with Crippen LogP contribution in [0, 0.1) is 10.1 Å². The molecule has 1 saturated heterocycles. The van der Waals surface area contributed by atoms with E-state index in [1.165, 1.54) is 17.0 Å². The second-order valence-corrected chi connectivity index (χ2v) is 4.53. The molecule has 1 fully saturated rings. The van der Waals surface area contributed by atoms with E-state index in [2.05, 4.69) is 9.88 Å². The monoisotopic (exact) mass is 270 g/mol. The summed E-state index contributed by atoms with van der Waals surface area (Å²) >= 11 is 0. The Labute approximate surface area is 110 Å². The number of hydrogen-bond donors (Lipinski definition) is 1. The second-order valence-electron chi connectivity index (χ2n) is 4.53. The van der Waals surface area contributed by atoms with E-state index in [4.69, 9.17) is 4.74 Å². The molecule has 8 heteroatoms. The van der Waals surface area contributed by atoms with Crippen LogP contribution in [0.15, 0.2) is 12.4 Å². The lowest BCUT2D eigenvalue weighted by atomic mass is 10.2. The summed E-state index contributed by atoms with van der Waals surface area (Å²) in [6.45, 7) is 4.16. The van der Waals surface area contributed by atoms with E-state index in [9.17, 15) is 15.2 Å². The number of imidazole rings is 1. The molecule has 19 heavy (non-hydrogen) atoms. The fourth-order valence-electron chi connectivity index (χ4n) is 2.09. The van der Waals surface area contributed by atoms with Crippen LogP contribution in [0.25, 0.3) is 0 Å². The minimum Gasteiger partial charge on any atom is -0.390 e. The Kier molecular flexibility index (Phi) is 4.83. The molecule has 0 amide bonds. The van der Waals surface area contributed by atoms with Gasteiger partial charge in [-0.3, -0.25) is 4.90 Å². The van der Waals surface area contributed by atoms with Crippen molar-refractivity contribution in [2.45, 2.75) is 19.1 Å². The van der Waals surface area contributed by atoms with Crippen LogP contribution in [-0.2, 0) is 11.3 Å². The van der Waals surface area contributed by atoms with Crippen molar-refractivity contribution in [1.82, 2.24) is 14.5 Å². The zero-order valence-electron chi connectivity index (χ0n) is 10.6. The minimum absolute atomic E-state index is 0.195. The van der Waals surface area contributed by atoms with Gasteiger partial charge in [-0.1, -0.05) is 4.98 Å². The highest BCUT2D eigenvalue weighted by molar-refractivity contribution is 5.06. The third-order valence-corrected chi connectivity index (χ3v) is 3.15. The fraction of sp³-hybridized carbons (Fsp3) is 0.727. The van der Waals surface area contributed by atoms with Crippen molar-refractivity contribution < 1.29 is 14.8 Å². The van der Waals surface area contributed by atoms with Gasteiger partial charge in [0.2, 0.25) is 0 Å². The van der Waals surface area contributed by atoms with E-state index in [-0.39, 0.29) is 12.5 Å². The molecule has 1 aliphatic heterocycles. The van der Waals surface area contributed by atoms with E-state index in [1.54, 1.807) is 0 Å². The predicted octanol–water partition coefficient (Wildman–Crippen LogP) is -0.126. The van der Waals surface area contributed by atoms with Crippen LogP contribution in [0.5, 0.6) is 0 Å². The number of rotatable bonds is 6. The van der Waals surface area contributed by atoms with Gasteiger partial charge in [-0.25, -0.2) is 4.57 Å². The van der Waals surface area contributed by atoms with E-state index in [1.807, 2.05) is 0 Å². The van der Waals surface area contributed by atoms with Gasteiger partial charge >= 0.3 is 5.95 Å². The lowest BCUT2D eigenvalue weighted by Gasteiger charge is -2.27. The lowest BCUT2D eigenvalue weighted by Crippen LogP contribution is -2.38. The van der Waals surface area contributed by atoms with Crippen molar-refractivity contribution in [2.24, 2.45) is 0 Å². The van der Waals surface area contributed by atoms with Crippen molar-refractivity contribution in [1.29, 1.82) is 0 Å². The highest BCUT2D eigenvalue weighted by Gasteiger charge is 2.18. The lowest BCUT2D eigenvalue weighted by molar-refractivity contribution is -0.397. The zero-order valence-corrected chi connectivity index (χ0v) is 10.6. The average Bonchev–Trinajstić information content (AvgIpc) is 2.86. The Morgan fingerprint density at radius 3 is 2.95 bits per heavy atom. The summed E-state index contributed by atoms with van der Waals surface area (Å²) in [6, 6.07) is 0. The van der Waals surface area contributed by atoms with Crippen LogP contribution in [0.4, 0.5) is 5.95 Å². The molecule has 0 spiro atoms. The third kappa shape index (κ3) is 3.98. The van der Waals surface area contributed by atoms with Gasteiger partial charge in [0, 0.05) is 19.6 Å². The van der Waals surface area contributed by atoms with Crippen LogP contribution in [0.1, 0.15) is 6.42 Å². The zero-order chi connectivity index (χ0) is 13.7. The summed E-state index contributed by atoms with van der Waals surface area (Å²) in [5, 5.41) is 20.6. The summed E-state index contributed by atoms with van der Waals surface area (Å²) < 4.78 is 6.61. The van der Waals surface area contributed by atoms with Crippen molar-refractivity contribution in [3.63, 3.8) is 0 Å². The SMILES string of the molecule is O=[N+]([O-])c1nccn1C[C@H](O)CCN1CCOCC1. The second kappa shape index (κ2) is 6.60. The quantitative estimate of drug-likeness (QED) is 0.572. The van der Waals surface area contributed by atoms with Gasteiger partial charge in [0.05, 0.1) is 25.9 Å².